The number of aromatic nitrogens is 2. The van der Waals surface area contributed by atoms with Gasteiger partial charge in [-0.3, -0.25) is 9.69 Å². The molecule has 124 valence electrons. The molecule has 2 aromatic heterocycles. The van der Waals surface area contributed by atoms with Crippen molar-refractivity contribution in [1.82, 2.24) is 19.6 Å². The van der Waals surface area contributed by atoms with E-state index >= 15 is 0 Å². The molecule has 0 saturated carbocycles. The van der Waals surface area contributed by atoms with Crippen molar-refractivity contribution < 1.29 is 4.79 Å². The fraction of sp³-hybridized carbons (Fsp3) is 0.500. The fourth-order valence-electron chi connectivity index (χ4n) is 2.76. The van der Waals surface area contributed by atoms with Crippen LogP contribution in [0.5, 0.6) is 0 Å². The Labute approximate surface area is 140 Å². The minimum Gasteiger partial charge on any atom is -0.310 e. The number of amides is 1. The standard InChI is InChI=1S/C16H23N5OS/c1-2-19-7-9-20(10-8-19)13-16(22)18-15-5-6-17-21(15)12-14-4-3-11-23-14/h3-6,11H,2,7-10,12-13H2,1H3,(H,18,22). The average Bonchev–Trinajstić information content (AvgIpc) is 3.21. The van der Waals surface area contributed by atoms with Crippen LogP contribution in [-0.2, 0) is 11.3 Å². The van der Waals surface area contributed by atoms with E-state index in [1.165, 1.54) is 4.88 Å². The van der Waals surface area contributed by atoms with Crippen molar-refractivity contribution in [2.75, 3.05) is 44.6 Å². The highest BCUT2D eigenvalue weighted by Gasteiger charge is 2.18. The Morgan fingerprint density at radius 3 is 2.74 bits per heavy atom. The van der Waals surface area contributed by atoms with Gasteiger partial charge < -0.3 is 10.2 Å². The summed E-state index contributed by atoms with van der Waals surface area (Å²) in [6.45, 7) is 8.39. The van der Waals surface area contributed by atoms with Gasteiger partial charge >= 0.3 is 0 Å². The predicted octanol–water partition coefficient (Wildman–Crippen LogP) is 1.57. The van der Waals surface area contributed by atoms with Crippen LogP contribution in [0.3, 0.4) is 0 Å². The third kappa shape index (κ3) is 4.40. The van der Waals surface area contributed by atoms with E-state index in [0.717, 1.165) is 38.5 Å². The molecule has 0 spiro atoms. The lowest BCUT2D eigenvalue weighted by Crippen LogP contribution is -2.48. The van der Waals surface area contributed by atoms with Gasteiger partial charge in [-0.15, -0.1) is 11.3 Å². The third-order valence-corrected chi connectivity index (χ3v) is 5.01. The summed E-state index contributed by atoms with van der Waals surface area (Å²) in [5.74, 6) is 0.790. The van der Waals surface area contributed by atoms with Crippen LogP contribution in [0.4, 0.5) is 5.82 Å². The SMILES string of the molecule is CCN1CCN(CC(=O)Nc2ccnn2Cc2cccs2)CC1. The Balaban J connectivity index is 1.51. The van der Waals surface area contributed by atoms with Gasteiger partial charge in [0.1, 0.15) is 5.82 Å². The van der Waals surface area contributed by atoms with Crippen molar-refractivity contribution in [3.63, 3.8) is 0 Å². The first-order valence-corrected chi connectivity index (χ1v) is 8.91. The maximum Gasteiger partial charge on any atom is 0.239 e. The number of rotatable bonds is 6. The van der Waals surface area contributed by atoms with Gasteiger partial charge in [-0.25, -0.2) is 4.68 Å². The second-order valence-electron chi connectivity index (χ2n) is 5.71. The molecule has 1 saturated heterocycles. The molecular formula is C16H23N5OS. The maximum absolute atomic E-state index is 12.3. The number of thiophene rings is 1. The highest BCUT2D eigenvalue weighted by atomic mass is 32.1. The first-order chi connectivity index (χ1) is 11.2. The van der Waals surface area contributed by atoms with Gasteiger partial charge in [0.15, 0.2) is 0 Å². The summed E-state index contributed by atoms with van der Waals surface area (Å²) in [6.07, 6.45) is 1.73. The molecule has 0 bridgehead atoms. The molecular weight excluding hydrogens is 310 g/mol. The van der Waals surface area contributed by atoms with Crippen molar-refractivity contribution in [2.24, 2.45) is 0 Å². The van der Waals surface area contributed by atoms with Crippen LogP contribution in [0, 0.1) is 0 Å². The summed E-state index contributed by atoms with van der Waals surface area (Å²) in [5, 5.41) is 9.34. The van der Waals surface area contributed by atoms with Gasteiger partial charge in [0, 0.05) is 37.1 Å². The van der Waals surface area contributed by atoms with Gasteiger partial charge in [0.25, 0.3) is 0 Å². The molecule has 0 radical (unpaired) electrons. The lowest BCUT2D eigenvalue weighted by Gasteiger charge is -2.33. The molecule has 0 unspecified atom stereocenters. The Bertz CT molecular complexity index is 616. The fourth-order valence-corrected chi connectivity index (χ4v) is 3.45. The molecule has 1 fully saturated rings. The van der Waals surface area contributed by atoms with E-state index in [-0.39, 0.29) is 5.91 Å². The zero-order chi connectivity index (χ0) is 16.1. The minimum atomic E-state index is 0.0304. The molecule has 1 aliphatic heterocycles. The molecule has 3 rings (SSSR count). The molecule has 6 nitrogen and oxygen atoms in total. The first-order valence-electron chi connectivity index (χ1n) is 8.03. The van der Waals surface area contributed by atoms with Crippen molar-refractivity contribution >= 4 is 23.1 Å². The van der Waals surface area contributed by atoms with E-state index in [0.29, 0.717) is 13.1 Å². The van der Waals surface area contributed by atoms with Crippen LogP contribution >= 0.6 is 11.3 Å². The molecule has 7 heteroatoms. The van der Waals surface area contributed by atoms with Gasteiger partial charge in [0.2, 0.25) is 5.91 Å². The van der Waals surface area contributed by atoms with E-state index in [9.17, 15) is 4.79 Å². The van der Waals surface area contributed by atoms with Crippen molar-refractivity contribution in [3.05, 3.63) is 34.7 Å². The van der Waals surface area contributed by atoms with E-state index < -0.39 is 0 Å². The van der Waals surface area contributed by atoms with Crippen molar-refractivity contribution in [2.45, 2.75) is 13.5 Å². The van der Waals surface area contributed by atoms with Gasteiger partial charge in [-0.1, -0.05) is 13.0 Å². The Morgan fingerprint density at radius 2 is 2.04 bits per heavy atom. The number of hydrogen-bond donors (Lipinski definition) is 1. The molecule has 2 aromatic rings. The summed E-state index contributed by atoms with van der Waals surface area (Å²) in [6, 6.07) is 5.95. The number of piperazine rings is 1. The van der Waals surface area contributed by atoms with Crippen LogP contribution in [0.1, 0.15) is 11.8 Å². The molecule has 0 aliphatic carbocycles. The summed E-state index contributed by atoms with van der Waals surface area (Å²) in [7, 11) is 0. The van der Waals surface area contributed by atoms with Crippen LogP contribution in [0.2, 0.25) is 0 Å². The molecule has 1 N–H and O–H groups in total. The average molecular weight is 333 g/mol. The predicted molar refractivity (Wildman–Crippen MR) is 92.8 cm³/mol. The summed E-state index contributed by atoms with van der Waals surface area (Å²) >= 11 is 1.69. The second kappa shape index (κ2) is 7.72. The number of anilines is 1. The highest BCUT2D eigenvalue weighted by molar-refractivity contribution is 7.09. The number of nitrogens with zero attached hydrogens (tertiary/aromatic N) is 4. The minimum absolute atomic E-state index is 0.0304. The summed E-state index contributed by atoms with van der Waals surface area (Å²) in [4.78, 5) is 18.1. The van der Waals surface area contributed by atoms with Gasteiger partial charge in [-0.2, -0.15) is 5.10 Å². The van der Waals surface area contributed by atoms with Crippen LogP contribution in [-0.4, -0.2) is 64.8 Å². The lowest BCUT2D eigenvalue weighted by molar-refractivity contribution is -0.117. The zero-order valence-corrected chi connectivity index (χ0v) is 14.3. The normalized spacial score (nSPS) is 16.6. The summed E-state index contributed by atoms with van der Waals surface area (Å²) in [5.41, 5.74) is 0. The van der Waals surface area contributed by atoms with Crippen molar-refractivity contribution in [1.29, 1.82) is 0 Å². The number of carbonyl (C=O) groups excluding carboxylic acids is 1. The van der Waals surface area contributed by atoms with E-state index in [1.54, 1.807) is 17.5 Å². The molecule has 23 heavy (non-hydrogen) atoms. The van der Waals surface area contributed by atoms with E-state index in [4.69, 9.17) is 0 Å². The van der Waals surface area contributed by atoms with Crippen LogP contribution in [0.25, 0.3) is 0 Å². The molecule has 3 heterocycles. The second-order valence-corrected chi connectivity index (χ2v) is 6.74. The topological polar surface area (TPSA) is 53.4 Å². The maximum atomic E-state index is 12.3. The molecule has 0 atom stereocenters. The van der Waals surface area contributed by atoms with Crippen LogP contribution < -0.4 is 5.32 Å². The summed E-state index contributed by atoms with van der Waals surface area (Å²) < 4.78 is 1.83. The number of carbonyl (C=O) groups is 1. The Hall–Kier alpha value is -1.70. The Morgan fingerprint density at radius 1 is 1.26 bits per heavy atom. The quantitative estimate of drug-likeness (QED) is 0.872. The Kier molecular flexibility index (Phi) is 5.43. The lowest BCUT2D eigenvalue weighted by atomic mass is 10.3. The monoisotopic (exact) mass is 333 g/mol. The first kappa shape index (κ1) is 16.2. The van der Waals surface area contributed by atoms with E-state index in [1.807, 2.05) is 22.2 Å². The van der Waals surface area contributed by atoms with Crippen molar-refractivity contribution in [3.8, 4) is 0 Å². The number of hydrogen-bond acceptors (Lipinski definition) is 5. The van der Waals surface area contributed by atoms with Crippen LogP contribution in [0.15, 0.2) is 29.8 Å². The molecule has 0 aromatic carbocycles. The zero-order valence-electron chi connectivity index (χ0n) is 13.4. The number of nitrogens with one attached hydrogen (secondary N) is 1. The third-order valence-electron chi connectivity index (χ3n) is 4.15. The number of likely N-dealkylation sites (N-methyl/N-ethyl adjacent to an activating group) is 1. The molecule has 1 aliphatic rings. The molecule has 1 amide bonds. The van der Waals surface area contributed by atoms with E-state index in [2.05, 4.69) is 33.2 Å². The largest absolute Gasteiger partial charge is 0.310 e. The van der Waals surface area contributed by atoms with Gasteiger partial charge in [-0.05, 0) is 18.0 Å². The highest BCUT2D eigenvalue weighted by Crippen LogP contribution is 2.14. The smallest absolute Gasteiger partial charge is 0.239 e. The van der Waals surface area contributed by atoms with Gasteiger partial charge in [0.05, 0.1) is 19.3 Å².